The highest BCUT2D eigenvalue weighted by Crippen LogP contribution is 2.34. The summed E-state index contributed by atoms with van der Waals surface area (Å²) in [6, 6.07) is 0.0653. The summed E-state index contributed by atoms with van der Waals surface area (Å²) in [5, 5.41) is 9.31. The molecule has 0 saturated carbocycles. The number of nitrogens with two attached hydrogens (primary N) is 1. The highest BCUT2D eigenvalue weighted by atomic mass is 79.9. The molecule has 0 heterocycles. The van der Waals surface area contributed by atoms with Crippen LogP contribution in [0.15, 0.2) is 16.6 Å². The molecule has 86 valence electrons. The van der Waals surface area contributed by atoms with Crippen molar-refractivity contribution in [1.82, 2.24) is 0 Å². The standard InChI is InChI=1S/C8H7BrF3NO.ClH/c9-5-2-3(10)1-4(7(5)14)6(13)8(11)12;/h1-2,6,8,14H,13H2;1H/t6-;/m0./s1. The van der Waals surface area contributed by atoms with Crippen molar-refractivity contribution in [3.05, 3.63) is 28.0 Å². The number of hydrogen-bond donors (Lipinski definition) is 2. The first-order valence-electron chi connectivity index (χ1n) is 3.65. The maximum atomic E-state index is 12.8. The molecule has 0 bridgehead atoms. The van der Waals surface area contributed by atoms with E-state index in [2.05, 4.69) is 15.9 Å². The first kappa shape index (κ1) is 14.5. The number of halogens is 5. The monoisotopic (exact) mass is 305 g/mol. The second-order valence-corrected chi connectivity index (χ2v) is 3.54. The number of rotatable bonds is 2. The van der Waals surface area contributed by atoms with Crippen LogP contribution in [0.5, 0.6) is 5.75 Å². The molecule has 1 aromatic rings. The van der Waals surface area contributed by atoms with E-state index in [0.717, 1.165) is 12.1 Å². The lowest BCUT2D eigenvalue weighted by atomic mass is 10.1. The van der Waals surface area contributed by atoms with Crippen LogP contribution in [0, 0.1) is 5.82 Å². The van der Waals surface area contributed by atoms with Crippen LogP contribution in [-0.2, 0) is 0 Å². The van der Waals surface area contributed by atoms with Gasteiger partial charge in [0.25, 0.3) is 6.43 Å². The number of alkyl halides is 2. The van der Waals surface area contributed by atoms with E-state index < -0.39 is 24.0 Å². The Morgan fingerprint density at radius 3 is 2.33 bits per heavy atom. The number of hydrogen-bond acceptors (Lipinski definition) is 2. The Bertz CT molecular complexity index is 351. The summed E-state index contributed by atoms with van der Waals surface area (Å²) < 4.78 is 37.2. The van der Waals surface area contributed by atoms with Crippen LogP contribution in [0.4, 0.5) is 13.2 Å². The Hall–Kier alpha value is -0.460. The Labute approximate surface area is 98.8 Å². The molecule has 0 fully saturated rings. The van der Waals surface area contributed by atoms with Gasteiger partial charge in [0.15, 0.2) is 0 Å². The molecular formula is C8H8BrClF3NO. The minimum Gasteiger partial charge on any atom is -0.506 e. The van der Waals surface area contributed by atoms with E-state index in [4.69, 9.17) is 5.73 Å². The van der Waals surface area contributed by atoms with Crippen LogP contribution in [0.3, 0.4) is 0 Å². The molecule has 15 heavy (non-hydrogen) atoms. The molecule has 0 spiro atoms. The molecular weight excluding hydrogens is 298 g/mol. The van der Waals surface area contributed by atoms with Crippen molar-refractivity contribution in [3.8, 4) is 5.75 Å². The zero-order valence-corrected chi connectivity index (χ0v) is 9.66. The Balaban J connectivity index is 0.00000196. The second kappa shape index (κ2) is 5.58. The van der Waals surface area contributed by atoms with E-state index in [0.29, 0.717) is 0 Å². The highest BCUT2D eigenvalue weighted by molar-refractivity contribution is 9.10. The first-order valence-corrected chi connectivity index (χ1v) is 4.44. The summed E-state index contributed by atoms with van der Waals surface area (Å²) in [7, 11) is 0. The highest BCUT2D eigenvalue weighted by Gasteiger charge is 2.22. The molecule has 1 rings (SSSR count). The summed E-state index contributed by atoms with van der Waals surface area (Å²) in [5.41, 5.74) is 4.77. The fourth-order valence-electron chi connectivity index (χ4n) is 0.976. The van der Waals surface area contributed by atoms with Gasteiger partial charge in [-0.25, -0.2) is 13.2 Å². The Kier molecular flexibility index (Phi) is 5.41. The van der Waals surface area contributed by atoms with E-state index in [1.807, 2.05) is 0 Å². The van der Waals surface area contributed by atoms with Crippen molar-refractivity contribution in [2.24, 2.45) is 5.73 Å². The summed E-state index contributed by atoms with van der Waals surface area (Å²) in [6.07, 6.45) is -2.85. The van der Waals surface area contributed by atoms with Gasteiger partial charge >= 0.3 is 0 Å². The van der Waals surface area contributed by atoms with Crippen molar-refractivity contribution < 1.29 is 18.3 Å². The summed E-state index contributed by atoms with van der Waals surface area (Å²) >= 11 is 2.82. The first-order chi connectivity index (χ1) is 6.43. The fourth-order valence-corrected chi connectivity index (χ4v) is 1.42. The van der Waals surface area contributed by atoms with Gasteiger partial charge in [0, 0.05) is 5.56 Å². The number of phenols is 1. The molecule has 0 aliphatic rings. The molecule has 0 aromatic heterocycles. The minimum atomic E-state index is -2.85. The topological polar surface area (TPSA) is 46.2 Å². The summed E-state index contributed by atoms with van der Waals surface area (Å²) in [6.45, 7) is 0. The third-order valence-corrected chi connectivity index (χ3v) is 2.29. The average Bonchev–Trinajstić information content (AvgIpc) is 2.09. The SMILES string of the molecule is Cl.N[C@@H](c1cc(F)cc(Br)c1O)C(F)F. The molecule has 2 nitrogen and oxygen atoms in total. The van der Waals surface area contributed by atoms with Crippen LogP contribution in [0.2, 0.25) is 0 Å². The van der Waals surface area contributed by atoms with Crippen molar-refractivity contribution in [2.75, 3.05) is 0 Å². The van der Waals surface area contributed by atoms with Crippen molar-refractivity contribution >= 4 is 28.3 Å². The third-order valence-electron chi connectivity index (χ3n) is 1.69. The van der Waals surface area contributed by atoms with Gasteiger partial charge < -0.3 is 10.8 Å². The average molecular weight is 307 g/mol. The molecule has 0 radical (unpaired) electrons. The third kappa shape index (κ3) is 3.25. The van der Waals surface area contributed by atoms with E-state index in [-0.39, 0.29) is 22.4 Å². The number of benzene rings is 1. The molecule has 0 aliphatic carbocycles. The smallest absolute Gasteiger partial charge is 0.257 e. The number of phenolic OH excluding ortho intramolecular Hbond substituents is 1. The van der Waals surface area contributed by atoms with Gasteiger partial charge in [0.1, 0.15) is 11.6 Å². The predicted molar refractivity (Wildman–Crippen MR) is 55.9 cm³/mol. The van der Waals surface area contributed by atoms with Gasteiger partial charge in [0.05, 0.1) is 10.5 Å². The summed E-state index contributed by atoms with van der Waals surface area (Å²) in [4.78, 5) is 0. The normalized spacial score (nSPS) is 12.4. The fraction of sp³-hybridized carbons (Fsp3) is 0.250. The van der Waals surface area contributed by atoms with Crippen LogP contribution in [0.25, 0.3) is 0 Å². The maximum Gasteiger partial charge on any atom is 0.257 e. The molecule has 7 heteroatoms. The molecule has 0 saturated heterocycles. The van der Waals surface area contributed by atoms with Gasteiger partial charge in [-0.1, -0.05) is 0 Å². The Morgan fingerprint density at radius 2 is 1.87 bits per heavy atom. The van der Waals surface area contributed by atoms with Crippen LogP contribution >= 0.6 is 28.3 Å². The number of aromatic hydroxyl groups is 1. The molecule has 0 amide bonds. The van der Waals surface area contributed by atoms with Crippen LogP contribution in [0.1, 0.15) is 11.6 Å². The van der Waals surface area contributed by atoms with E-state index in [9.17, 15) is 18.3 Å². The quantitative estimate of drug-likeness (QED) is 0.882. The van der Waals surface area contributed by atoms with Crippen molar-refractivity contribution in [2.45, 2.75) is 12.5 Å². The zero-order valence-electron chi connectivity index (χ0n) is 7.25. The Morgan fingerprint density at radius 1 is 1.33 bits per heavy atom. The van der Waals surface area contributed by atoms with Gasteiger partial charge in [-0.2, -0.15) is 0 Å². The second-order valence-electron chi connectivity index (χ2n) is 2.69. The van der Waals surface area contributed by atoms with E-state index >= 15 is 0 Å². The molecule has 1 atom stereocenters. The molecule has 3 N–H and O–H groups in total. The minimum absolute atomic E-state index is 0. The van der Waals surface area contributed by atoms with Crippen LogP contribution in [-0.4, -0.2) is 11.5 Å². The zero-order chi connectivity index (χ0) is 10.9. The summed E-state index contributed by atoms with van der Waals surface area (Å²) in [5.74, 6) is -1.19. The van der Waals surface area contributed by atoms with Gasteiger partial charge in [0.2, 0.25) is 0 Å². The lowest BCUT2D eigenvalue weighted by Gasteiger charge is -2.13. The lowest BCUT2D eigenvalue weighted by Crippen LogP contribution is -2.19. The largest absolute Gasteiger partial charge is 0.506 e. The van der Waals surface area contributed by atoms with Crippen molar-refractivity contribution in [1.29, 1.82) is 0 Å². The van der Waals surface area contributed by atoms with Gasteiger partial charge in [-0.15, -0.1) is 12.4 Å². The van der Waals surface area contributed by atoms with Gasteiger partial charge in [-0.05, 0) is 28.1 Å². The molecule has 0 unspecified atom stereocenters. The lowest BCUT2D eigenvalue weighted by molar-refractivity contribution is 0.115. The maximum absolute atomic E-state index is 12.8. The molecule has 0 aliphatic heterocycles. The molecule has 1 aromatic carbocycles. The van der Waals surface area contributed by atoms with E-state index in [1.165, 1.54) is 0 Å². The predicted octanol–water partition coefficient (Wildman–Crippen LogP) is 2.98. The van der Waals surface area contributed by atoms with Crippen LogP contribution < -0.4 is 5.73 Å². The van der Waals surface area contributed by atoms with Gasteiger partial charge in [-0.3, -0.25) is 0 Å². The van der Waals surface area contributed by atoms with E-state index in [1.54, 1.807) is 0 Å². The van der Waals surface area contributed by atoms with Crippen molar-refractivity contribution in [3.63, 3.8) is 0 Å².